The summed E-state index contributed by atoms with van der Waals surface area (Å²) < 4.78 is 34.4. The van der Waals surface area contributed by atoms with Crippen LogP contribution < -0.4 is 20.1 Å². The van der Waals surface area contributed by atoms with E-state index in [1.165, 1.54) is 32.4 Å². The lowest BCUT2D eigenvalue weighted by atomic mass is 10.2. The monoisotopic (exact) mass is 343 g/mol. The molecule has 0 saturated carbocycles. The van der Waals surface area contributed by atoms with Crippen LogP contribution >= 0.6 is 0 Å². The van der Waals surface area contributed by atoms with E-state index in [0.29, 0.717) is 12.5 Å². The van der Waals surface area contributed by atoms with E-state index in [1.54, 1.807) is 19.2 Å². The molecule has 2 N–H and O–H groups in total. The molecule has 0 saturated heterocycles. The number of benzene rings is 1. The molecule has 0 spiro atoms. The van der Waals surface area contributed by atoms with Gasteiger partial charge in [-0.15, -0.1) is 0 Å². The number of halogens is 2. The Labute approximate surface area is 142 Å². The van der Waals surface area contributed by atoms with E-state index in [-0.39, 0.29) is 11.5 Å². The molecule has 24 heavy (non-hydrogen) atoms. The minimum absolute atomic E-state index is 0.0225. The molecule has 0 unspecified atom stereocenters. The molecular formula is C17H27F2N3O2. The van der Waals surface area contributed by atoms with Crippen LogP contribution in [0.1, 0.15) is 38.2 Å². The smallest absolute Gasteiger partial charge is 0.387 e. The Kier molecular flexibility index (Phi) is 9.56. The summed E-state index contributed by atoms with van der Waals surface area (Å²) in [5.74, 6) is 0.977. The van der Waals surface area contributed by atoms with Crippen molar-refractivity contribution in [2.24, 2.45) is 4.99 Å². The minimum Gasteiger partial charge on any atom is -0.493 e. The molecule has 0 radical (unpaired) electrons. The number of aliphatic imine (C=N–C) groups is 1. The van der Waals surface area contributed by atoms with Crippen LogP contribution in [-0.2, 0) is 6.54 Å². The summed E-state index contributed by atoms with van der Waals surface area (Å²) in [5.41, 5.74) is 0.792. The van der Waals surface area contributed by atoms with E-state index in [1.807, 2.05) is 0 Å². The third kappa shape index (κ3) is 7.48. The van der Waals surface area contributed by atoms with Crippen LogP contribution in [0.5, 0.6) is 11.5 Å². The predicted molar refractivity (Wildman–Crippen MR) is 92.0 cm³/mol. The first kappa shape index (κ1) is 20.0. The Hall–Kier alpha value is -2.05. The summed E-state index contributed by atoms with van der Waals surface area (Å²) in [6.07, 6.45) is 4.71. The third-order valence-corrected chi connectivity index (χ3v) is 3.45. The van der Waals surface area contributed by atoms with Gasteiger partial charge in [-0.3, -0.25) is 4.99 Å². The van der Waals surface area contributed by atoms with Crippen molar-refractivity contribution >= 4 is 5.96 Å². The molecule has 5 nitrogen and oxygen atoms in total. The number of guanidine groups is 1. The molecule has 0 amide bonds. The number of hydrogen-bond acceptors (Lipinski definition) is 3. The molecule has 0 aromatic heterocycles. The average molecular weight is 343 g/mol. The van der Waals surface area contributed by atoms with Crippen molar-refractivity contribution in [2.45, 2.75) is 45.8 Å². The Morgan fingerprint density at radius 3 is 2.58 bits per heavy atom. The van der Waals surface area contributed by atoms with Crippen molar-refractivity contribution in [2.75, 3.05) is 20.7 Å². The van der Waals surface area contributed by atoms with Gasteiger partial charge in [0.1, 0.15) is 0 Å². The highest BCUT2D eigenvalue weighted by Crippen LogP contribution is 2.29. The van der Waals surface area contributed by atoms with Gasteiger partial charge in [-0.05, 0) is 24.1 Å². The van der Waals surface area contributed by atoms with Gasteiger partial charge in [-0.2, -0.15) is 8.78 Å². The number of nitrogens with one attached hydrogen (secondary N) is 2. The maximum absolute atomic E-state index is 12.4. The molecule has 0 atom stereocenters. The van der Waals surface area contributed by atoms with Crippen molar-refractivity contribution in [3.63, 3.8) is 0 Å². The molecule has 0 aliphatic carbocycles. The number of unbranched alkanes of at least 4 members (excludes halogenated alkanes) is 3. The summed E-state index contributed by atoms with van der Waals surface area (Å²) >= 11 is 0. The molecule has 0 heterocycles. The lowest BCUT2D eigenvalue weighted by Gasteiger charge is -2.14. The van der Waals surface area contributed by atoms with E-state index in [4.69, 9.17) is 4.74 Å². The van der Waals surface area contributed by atoms with Gasteiger partial charge in [0, 0.05) is 20.1 Å². The lowest BCUT2D eigenvalue weighted by molar-refractivity contribution is -0.0512. The fourth-order valence-electron chi connectivity index (χ4n) is 2.18. The van der Waals surface area contributed by atoms with Gasteiger partial charge >= 0.3 is 6.61 Å². The quantitative estimate of drug-likeness (QED) is 0.388. The minimum atomic E-state index is -2.89. The molecule has 7 heteroatoms. The van der Waals surface area contributed by atoms with Gasteiger partial charge in [0.05, 0.1) is 7.11 Å². The SMILES string of the molecule is CCCCCCNC(=NC)NCc1ccc(OC)c(OC(F)F)c1. The molecule has 136 valence electrons. The van der Waals surface area contributed by atoms with Crippen LogP contribution in [0, 0.1) is 0 Å². The fraction of sp³-hybridized carbons (Fsp3) is 0.588. The molecule has 0 fully saturated rings. The maximum atomic E-state index is 12.4. The van der Waals surface area contributed by atoms with Crippen LogP contribution in [0.2, 0.25) is 0 Å². The summed E-state index contributed by atoms with van der Waals surface area (Å²) in [6.45, 7) is 0.578. The second-order valence-corrected chi connectivity index (χ2v) is 5.28. The van der Waals surface area contributed by atoms with E-state index in [0.717, 1.165) is 18.5 Å². The molecule has 1 aromatic rings. The fourth-order valence-corrected chi connectivity index (χ4v) is 2.18. The zero-order valence-corrected chi connectivity index (χ0v) is 14.6. The summed E-state index contributed by atoms with van der Waals surface area (Å²) in [6, 6.07) is 4.93. The molecule has 0 aliphatic heterocycles. The van der Waals surface area contributed by atoms with E-state index >= 15 is 0 Å². The standard InChI is InChI=1S/C17H27F2N3O2/c1-4-5-6-7-10-21-17(20-2)22-12-13-8-9-14(23-3)15(11-13)24-16(18)19/h8-9,11,16H,4-7,10,12H2,1-3H3,(H2,20,21,22). The maximum Gasteiger partial charge on any atom is 0.387 e. The Morgan fingerprint density at radius 2 is 1.96 bits per heavy atom. The summed E-state index contributed by atoms with van der Waals surface area (Å²) in [4.78, 5) is 4.14. The molecule has 0 aliphatic rings. The van der Waals surface area contributed by atoms with Crippen LogP contribution in [0.15, 0.2) is 23.2 Å². The largest absolute Gasteiger partial charge is 0.493 e. The first-order valence-corrected chi connectivity index (χ1v) is 8.17. The Bertz CT molecular complexity index is 511. The first-order chi connectivity index (χ1) is 11.6. The number of methoxy groups -OCH3 is 1. The Morgan fingerprint density at radius 1 is 1.17 bits per heavy atom. The number of alkyl halides is 2. The summed E-state index contributed by atoms with van der Waals surface area (Å²) in [5, 5.41) is 6.38. The molecule has 0 bridgehead atoms. The Balaban J connectivity index is 2.52. The number of hydrogen-bond donors (Lipinski definition) is 2. The highest BCUT2D eigenvalue weighted by molar-refractivity contribution is 5.79. The third-order valence-electron chi connectivity index (χ3n) is 3.45. The first-order valence-electron chi connectivity index (χ1n) is 8.17. The summed E-state index contributed by atoms with van der Waals surface area (Å²) in [7, 11) is 3.11. The van der Waals surface area contributed by atoms with Crippen LogP contribution in [0.4, 0.5) is 8.78 Å². The highest BCUT2D eigenvalue weighted by Gasteiger charge is 2.11. The van der Waals surface area contributed by atoms with Gasteiger partial charge < -0.3 is 20.1 Å². The molecular weight excluding hydrogens is 316 g/mol. The molecule has 1 aromatic carbocycles. The van der Waals surface area contributed by atoms with E-state index in [9.17, 15) is 8.78 Å². The van der Waals surface area contributed by atoms with Crippen molar-refractivity contribution in [1.82, 2.24) is 10.6 Å². The number of nitrogens with zero attached hydrogens (tertiary/aromatic N) is 1. The van der Waals surface area contributed by atoms with Gasteiger partial charge in [0.15, 0.2) is 17.5 Å². The van der Waals surface area contributed by atoms with Gasteiger partial charge in [-0.1, -0.05) is 32.3 Å². The van der Waals surface area contributed by atoms with Gasteiger partial charge in [0.25, 0.3) is 0 Å². The average Bonchev–Trinajstić information content (AvgIpc) is 2.57. The van der Waals surface area contributed by atoms with Crippen molar-refractivity contribution in [3.05, 3.63) is 23.8 Å². The van der Waals surface area contributed by atoms with Crippen molar-refractivity contribution < 1.29 is 18.3 Å². The van der Waals surface area contributed by atoms with Crippen LogP contribution in [-0.4, -0.2) is 33.3 Å². The predicted octanol–water partition coefficient (Wildman–Crippen LogP) is 3.54. The zero-order chi connectivity index (χ0) is 17.8. The van der Waals surface area contributed by atoms with Crippen LogP contribution in [0.25, 0.3) is 0 Å². The molecule has 1 rings (SSSR count). The van der Waals surface area contributed by atoms with E-state index in [2.05, 4.69) is 27.3 Å². The topological polar surface area (TPSA) is 54.9 Å². The van der Waals surface area contributed by atoms with Gasteiger partial charge in [0.2, 0.25) is 0 Å². The van der Waals surface area contributed by atoms with Crippen molar-refractivity contribution in [1.29, 1.82) is 0 Å². The van der Waals surface area contributed by atoms with Gasteiger partial charge in [-0.25, -0.2) is 0 Å². The normalized spacial score (nSPS) is 11.5. The second kappa shape index (κ2) is 11.5. The highest BCUT2D eigenvalue weighted by atomic mass is 19.3. The number of rotatable bonds is 10. The second-order valence-electron chi connectivity index (χ2n) is 5.28. The van der Waals surface area contributed by atoms with Crippen molar-refractivity contribution in [3.8, 4) is 11.5 Å². The van der Waals surface area contributed by atoms with Crippen LogP contribution in [0.3, 0.4) is 0 Å². The lowest BCUT2D eigenvalue weighted by Crippen LogP contribution is -2.37. The zero-order valence-electron chi connectivity index (χ0n) is 14.6. The van der Waals surface area contributed by atoms with E-state index < -0.39 is 6.61 Å². The number of ether oxygens (including phenoxy) is 2.